The number of alkyl halides is 7. The summed E-state index contributed by atoms with van der Waals surface area (Å²) in [6.45, 7) is 0.876. The molecule has 0 aliphatic heterocycles. The zero-order chi connectivity index (χ0) is 28.5. The summed E-state index contributed by atoms with van der Waals surface area (Å²) in [4.78, 5) is 16.8. The molecular weight excluding hydrogens is 547 g/mol. The van der Waals surface area contributed by atoms with Gasteiger partial charge in [0.2, 0.25) is 11.8 Å². The molecule has 2 aliphatic rings. The molecule has 2 aromatic rings. The largest absolute Gasteiger partial charge is 0.428 e. The summed E-state index contributed by atoms with van der Waals surface area (Å²) in [6, 6.07) is 1.88. The van der Waals surface area contributed by atoms with E-state index in [9.17, 15) is 44.9 Å². The molecule has 2 unspecified atom stereocenters. The lowest BCUT2D eigenvalue weighted by molar-refractivity contribution is -0.160. The van der Waals surface area contributed by atoms with Gasteiger partial charge in [0, 0.05) is 56.7 Å². The average Bonchev–Trinajstić information content (AvgIpc) is 3.26. The minimum atomic E-state index is -5.22. The molecule has 210 valence electrons. The second-order valence-electron chi connectivity index (χ2n) is 10.4. The van der Waals surface area contributed by atoms with Crippen LogP contribution < -0.4 is 5.36 Å². The Labute approximate surface area is 212 Å². The molecule has 2 fully saturated rings. The highest BCUT2D eigenvalue weighted by Crippen LogP contribution is 2.53. The first-order chi connectivity index (χ1) is 17.2. The predicted octanol–water partition coefficient (Wildman–Crippen LogP) is 5.06. The summed E-state index contributed by atoms with van der Waals surface area (Å²) in [5, 5.41) is 12.8. The molecule has 0 bridgehead atoms. The first kappa shape index (κ1) is 28.1. The topological polar surface area (TPSA) is 113 Å². The predicted molar refractivity (Wildman–Crippen MR) is 118 cm³/mol. The maximum Gasteiger partial charge on any atom is 0.420 e. The lowest BCUT2D eigenvalue weighted by Crippen LogP contribution is -2.47. The third-order valence-electron chi connectivity index (χ3n) is 6.67. The molecule has 2 aliphatic carbocycles. The summed E-state index contributed by atoms with van der Waals surface area (Å²) >= 11 is 0. The number of nitrogens with zero attached hydrogens (tertiary/aromatic N) is 4. The highest BCUT2D eigenvalue weighted by atomic mass is 32.2. The molecule has 2 N–H and O–H groups in total. The van der Waals surface area contributed by atoms with Gasteiger partial charge < -0.3 is 5.21 Å². The van der Waals surface area contributed by atoms with Gasteiger partial charge in [-0.25, -0.2) is 31.5 Å². The average molecular weight is 572 g/mol. The van der Waals surface area contributed by atoms with Crippen LogP contribution in [-0.2, 0) is 22.5 Å². The Hall–Kier alpha value is -2.91. The van der Waals surface area contributed by atoms with Gasteiger partial charge in [0.15, 0.2) is 5.03 Å². The van der Waals surface area contributed by atoms with Gasteiger partial charge in [-0.3, -0.25) is 9.48 Å². The van der Waals surface area contributed by atoms with Crippen LogP contribution in [0.5, 0.6) is 0 Å². The van der Waals surface area contributed by atoms with Crippen LogP contribution in [0.3, 0.4) is 0 Å². The molecule has 2 aromatic heterocycles. The van der Waals surface area contributed by atoms with Crippen LogP contribution in [0.2, 0.25) is 0 Å². The van der Waals surface area contributed by atoms with Crippen molar-refractivity contribution in [2.24, 2.45) is 10.4 Å². The van der Waals surface area contributed by atoms with Gasteiger partial charge in [0.1, 0.15) is 11.3 Å². The molecule has 1 amide bonds. The van der Waals surface area contributed by atoms with E-state index < -0.39 is 99.2 Å². The van der Waals surface area contributed by atoms with E-state index in [-0.39, 0.29) is 11.8 Å². The summed E-state index contributed by atoms with van der Waals surface area (Å²) in [7, 11) is -3.54. The molecule has 0 radical (unpaired) electrons. The number of amides is 1. The number of rotatable bonds is 5. The van der Waals surface area contributed by atoms with Gasteiger partial charge in [-0.05, 0) is 17.9 Å². The maximum absolute atomic E-state index is 14.3. The lowest BCUT2D eigenvalue weighted by atomic mass is 9.67. The van der Waals surface area contributed by atoms with Crippen LogP contribution in [0.25, 0.3) is 0 Å². The Kier molecular flexibility index (Phi) is 6.52. The van der Waals surface area contributed by atoms with E-state index in [0.717, 1.165) is 24.6 Å². The molecule has 4 rings (SSSR count). The molecule has 0 saturated heterocycles. The van der Waals surface area contributed by atoms with Gasteiger partial charge in [0.05, 0.1) is 20.8 Å². The van der Waals surface area contributed by atoms with Crippen LogP contribution in [0.15, 0.2) is 28.3 Å². The Balaban J connectivity index is 1.89. The number of aromatic nitrogens is 3. The van der Waals surface area contributed by atoms with Crippen molar-refractivity contribution in [1.29, 1.82) is 4.78 Å². The minimum absolute atomic E-state index is 0.319. The van der Waals surface area contributed by atoms with E-state index in [0.29, 0.717) is 9.41 Å². The molecule has 2 atom stereocenters. The van der Waals surface area contributed by atoms with Crippen molar-refractivity contribution in [2.75, 3.05) is 6.26 Å². The van der Waals surface area contributed by atoms with Crippen molar-refractivity contribution in [3.63, 3.8) is 0 Å². The summed E-state index contributed by atoms with van der Waals surface area (Å²) in [6.07, 6.45) is -6.63. The standard InChI is InChI=1S/C22H24F7N5O3S/c1-19(9-21(25,26)10-19)11-33-17(18(35)31-13-4-6-34(36)14(7-13)38(2,30)37)15(22(27,28)29)16(32-33)12-3-5-20(23,24)8-12/h4,6-7,12,30,36H,3,5,8-11H2,1-2H3. The van der Waals surface area contributed by atoms with Gasteiger partial charge in [-0.15, -0.1) is 0 Å². The van der Waals surface area contributed by atoms with Crippen LogP contribution in [0.1, 0.15) is 66.7 Å². The highest BCUT2D eigenvalue weighted by Gasteiger charge is 2.55. The number of halogens is 7. The molecule has 0 aromatic carbocycles. The number of hydrogen-bond acceptors (Lipinski definition) is 5. The van der Waals surface area contributed by atoms with Crippen molar-refractivity contribution in [3.05, 3.63) is 40.6 Å². The number of carbonyl (C=O) groups excluding carboxylic acids is 1. The number of nitrogens with one attached hydrogen (secondary N) is 1. The second kappa shape index (κ2) is 8.81. The van der Waals surface area contributed by atoms with Crippen LogP contribution in [0, 0.1) is 10.2 Å². The highest BCUT2D eigenvalue weighted by molar-refractivity contribution is 7.91. The third kappa shape index (κ3) is 5.59. The zero-order valence-electron chi connectivity index (χ0n) is 20.2. The van der Waals surface area contributed by atoms with Gasteiger partial charge in [0.25, 0.3) is 5.91 Å². The lowest BCUT2D eigenvalue weighted by Gasteiger charge is -2.44. The van der Waals surface area contributed by atoms with Crippen molar-refractivity contribution < 1.29 is 44.9 Å². The number of pyridine rings is 1. The molecule has 0 spiro atoms. The van der Waals surface area contributed by atoms with Crippen molar-refractivity contribution in [2.45, 2.75) is 74.5 Å². The van der Waals surface area contributed by atoms with E-state index in [2.05, 4.69) is 10.1 Å². The van der Waals surface area contributed by atoms with Gasteiger partial charge in [-0.1, -0.05) is 6.92 Å². The Morgan fingerprint density at radius 1 is 1.26 bits per heavy atom. The van der Waals surface area contributed by atoms with E-state index in [1.807, 2.05) is 0 Å². The first-order valence-corrected chi connectivity index (χ1v) is 13.3. The van der Waals surface area contributed by atoms with E-state index in [1.54, 1.807) is 0 Å². The minimum Gasteiger partial charge on any atom is -0.428 e. The Morgan fingerprint density at radius 3 is 2.39 bits per heavy atom. The first-order valence-electron chi connectivity index (χ1n) is 11.4. The fraction of sp³-hybridized carbons (Fsp3) is 0.591. The fourth-order valence-electron chi connectivity index (χ4n) is 5.22. The molecule has 16 heteroatoms. The number of carbonyl (C=O) groups is 1. The fourth-order valence-corrected chi connectivity index (χ4v) is 5.99. The monoisotopic (exact) mass is 571 g/mol. The van der Waals surface area contributed by atoms with Crippen molar-refractivity contribution >= 4 is 15.6 Å². The molecule has 38 heavy (non-hydrogen) atoms. The molecule has 2 heterocycles. The van der Waals surface area contributed by atoms with E-state index in [1.165, 1.54) is 6.92 Å². The van der Waals surface area contributed by atoms with E-state index >= 15 is 0 Å². The van der Waals surface area contributed by atoms with Crippen molar-refractivity contribution in [3.8, 4) is 0 Å². The Morgan fingerprint density at radius 2 is 1.89 bits per heavy atom. The zero-order valence-corrected chi connectivity index (χ0v) is 21.0. The van der Waals surface area contributed by atoms with Crippen molar-refractivity contribution in [1.82, 2.24) is 14.5 Å². The van der Waals surface area contributed by atoms with Crippen LogP contribution in [0.4, 0.5) is 30.7 Å². The Bertz CT molecular complexity index is 1450. The smallest absolute Gasteiger partial charge is 0.420 e. The van der Waals surface area contributed by atoms with Gasteiger partial charge >= 0.3 is 6.18 Å². The summed E-state index contributed by atoms with van der Waals surface area (Å²) < 4.78 is 119. The third-order valence-corrected chi connectivity index (χ3v) is 7.77. The molecule has 2 saturated carbocycles. The molecule has 8 nitrogen and oxygen atoms in total. The van der Waals surface area contributed by atoms with Crippen LogP contribution >= 0.6 is 0 Å². The quantitative estimate of drug-likeness (QED) is 0.386. The van der Waals surface area contributed by atoms with Gasteiger partial charge in [-0.2, -0.15) is 23.0 Å². The second-order valence-corrected chi connectivity index (χ2v) is 12.5. The van der Waals surface area contributed by atoms with E-state index in [4.69, 9.17) is 4.78 Å². The normalized spacial score (nSPS) is 24.1. The van der Waals surface area contributed by atoms with Crippen LogP contribution in [-0.4, -0.2) is 47.9 Å². The molecular formula is C22H24F7N5O3S. The summed E-state index contributed by atoms with van der Waals surface area (Å²) in [5.74, 6) is -9.08. The summed E-state index contributed by atoms with van der Waals surface area (Å²) in [5.41, 5.74) is -4.64. The number of hydrogen-bond donors (Lipinski definition) is 2. The SMILES string of the molecule is CC1(Cn2nc(C3CCC(F)(F)C3)c(C(F)(F)F)c2C(=O)N=c2ccn(O)c(S(C)(=N)=O)c2)CC(F)(F)C1. The maximum atomic E-state index is 14.3.